The number of amides is 2. The van der Waals surface area contributed by atoms with Crippen molar-refractivity contribution in [3.05, 3.63) is 83.9 Å². The van der Waals surface area contributed by atoms with Gasteiger partial charge in [0.05, 0.1) is 6.04 Å². The fourth-order valence-electron chi connectivity index (χ4n) is 3.45. The van der Waals surface area contributed by atoms with Gasteiger partial charge in [0.2, 0.25) is 0 Å². The van der Waals surface area contributed by atoms with Gasteiger partial charge < -0.3 is 10.1 Å². The zero-order valence-corrected chi connectivity index (χ0v) is 15.4. The summed E-state index contributed by atoms with van der Waals surface area (Å²) in [6.45, 7) is 0.145. The largest absolute Gasteiger partial charge is 0.445 e. The highest BCUT2D eigenvalue weighted by Crippen LogP contribution is 2.29. The Morgan fingerprint density at radius 2 is 1.71 bits per heavy atom. The van der Waals surface area contributed by atoms with Crippen molar-refractivity contribution in [2.24, 2.45) is 0 Å². The SMILES string of the molecule is O=C(NC(Cc1ccccc1)C(=O)N1O[C@H]2C=C[C@@H]1C2)OCc1ccccc1. The smallest absolute Gasteiger partial charge is 0.408 e. The van der Waals surface area contributed by atoms with Crippen LogP contribution in [0.4, 0.5) is 4.79 Å². The number of hydroxylamine groups is 2. The molecule has 2 aromatic carbocycles. The average molecular weight is 378 g/mol. The van der Waals surface area contributed by atoms with E-state index in [2.05, 4.69) is 5.32 Å². The number of fused-ring (bicyclic) bond motifs is 2. The Kier molecular flexibility index (Phi) is 5.39. The van der Waals surface area contributed by atoms with Crippen LogP contribution in [0.5, 0.6) is 0 Å². The van der Waals surface area contributed by atoms with Crippen molar-refractivity contribution >= 4 is 12.0 Å². The number of benzene rings is 2. The van der Waals surface area contributed by atoms with Gasteiger partial charge in [-0.1, -0.05) is 72.8 Å². The number of alkyl carbamates (subject to hydrolysis) is 1. The molecule has 6 nitrogen and oxygen atoms in total. The third-order valence-electron chi connectivity index (χ3n) is 4.87. The van der Waals surface area contributed by atoms with Crippen LogP contribution in [0.15, 0.2) is 72.8 Å². The Morgan fingerprint density at radius 1 is 1.04 bits per heavy atom. The number of carbonyl (C=O) groups is 2. The predicted molar refractivity (Wildman–Crippen MR) is 103 cm³/mol. The van der Waals surface area contributed by atoms with Gasteiger partial charge >= 0.3 is 6.09 Å². The first-order chi connectivity index (χ1) is 13.7. The normalized spacial score (nSPS) is 20.8. The van der Waals surface area contributed by atoms with E-state index < -0.39 is 12.1 Å². The lowest BCUT2D eigenvalue weighted by Gasteiger charge is -2.27. The minimum Gasteiger partial charge on any atom is -0.445 e. The van der Waals surface area contributed by atoms with Crippen LogP contribution in [0.1, 0.15) is 17.5 Å². The Balaban J connectivity index is 1.42. The molecule has 2 amide bonds. The Labute approximate surface area is 163 Å². The van der Waals surface area contributed by atoms with Gasteiger partial charge in [0.1, 0.15) is 18.8 Å². The average Bonchev–Trinajstić information content (AvgIpc) is 3.36. The topological polar surface area (TPSA) is 67.9 Å². The summed E-state index contributed by atoms with van der Waals surface area (Å²) in [5, 5.41) is 4.10. The molecule has 2 aliphatic rings. The molecule has 1 heterocycles. The fraction of sp³-hybridized carbons (Fsp3) is 0.273. The maximum atomic E-state index is 13.0. The lowest BCUT2D eigenvalue weighted by molar-refractivity contribution is -0.185. The number of nitrogens with zero attached hydrogens (tertiary/aromatic N) is 1. The monoisotopic (exact) mass is 378 g/mol. The molecule has 1 unspecified atom stereocenters. The van der Waals surface area contributed by atoms with Gasteiger partial charge in [0.25, 0.3) is 5.91 Å². The molecule has 4 rings (SSSR count). The summed E-state index contributed by atoms with van der Waals surface area (Å²) in [7, 11) is 0. The summed E-state index contributed by atoms with van der Waals surface area (Å²) in [5.74, 6) is -0.266. The van der Waals surface area contributed by atoms with Gasteiger partial charge in [-0.3, -0.25) is 9.63 Å². The summed E-state index contributed by atoms with van der Waals surface area (Å²) in [4.78, 5) is 31.0. The van der Waals surface area contributed by atoms with Gasteiger partial charge in [0, 0.05) is 12.8 Å². The van der Waals surface area contributed by atoms with Crippen LogP contribution in [0.3, 0.4) is 0 Å². The van der Waals surface area contributed by atoms with E-state index in [4.69, 9.17) is 9.57 Å². The molecular formula is C22H22N2O4. The molecule has 3 atom stereocenters. The van der Waals surface area contributed by atoms with Gasteiger partial charge in [-0.05, 0) is 11.1 Å². The van der Waals surface area contributed by atoms with Gasteiger partial charge in [-0.15, -0.1) is 0 Å². The highest BCUT2D eigenvalue weighted by Gasteiger charge is 2.41. The van der Waals surface area contributed by atoms with Crippen molar-refractivity contribution in [3.63, 3.8) is 0 Å². The highest BCUT2D eigenvalue weighted by atomic mass is 16.7. The number of hydrogen-bond donors (Lipinski definition) is 1. The molecule has 0 spiro atoms. The van der Waals surface area contributed by atoms with Crippen LogP contribution in [0, 0.1) is 0 Å². The van der Waals surface area contributed by atoms with Gasteiger partial charge in [-0.25, -0.2) is 9.86 Å². The first kappa shape index (κ1) is 18.3. The molecule has 28 heavy (non-hydrogen) atoms. The van der Waals surface area contributed by atoms with Crippen molar-refractivity contribution < 1.29 is 19.2 Å². The Hall–Kier alpha value is -3.12. The van der Waals surface area contributed by atoms with E-state index in [9.17, 15) is 9.59 Å². The molecule has 0 aromatic heterocycles. The molecule has 144 valence electrons. The summed E-state index contributed by atoms with van der Waals surface area (Å²) >= 11 is 0. The maximum Gasteiger partial charge on any atom is 0.408 e. The van der Waals surface area contributed by atoms with E-state index >= 15 is 0 Å². The third kappa shape index (κ3) is 4.23. The van der Waals surface area contributed by atoms with E-state index in [1.54, 1.807) is 0 Å². The number of hydrogen-bond acceptors (Lipinski definition) is 4. The Morgan fingerprint density at radius 3 is 2.32 bits per heavy atom. The van der Waals surface area contributed by atoms with Crippen LogP contribution >= 0.6 is 0 Å². The van der Waals surface area contributed by atoms with Crippen LogP contribution in [0.25, 0.3) is 0 Å². The van der Waals surface area contributed by atoms with Crippen molar-refractivity contribution in [3.8, 4) is 0 Å². The number of ether oxygens (including phenoxy) is 1. The molecule has 1 aliphatic heterocycles. The van der Waals surface area contributed by atoms with Crippen LogP contribution in [0.2, 0.25) is 0 Å². The summed E-state index contributed by atoms with van der Waals surface area (Å²) in [5.41, 5.74) is 1.83. The quantitative estimate of drug-likeness (QED) is 0.785. The molecule has 1 saturated heterocycles. The van der Waals surface area contributed by atoms with Crippen molar-refractivity contribution in [1.29, 1.82) is 0 Å². The van der Waals surface area contributed by atoms with E-state index in [0.29, 0.717) is 6.42 Å². The van der Waals surface area contributed by atoms with Gasteiger partial charge in [-0.2, -0.15) is 0 Å². The van der Waals surface area contributed by atoms with Gasteiger partial charge in [0.15, 0.2) is 0 Å². The molecule has 6 heteroatoms. The minimum atomic E-state index is -0.765. The molecule has 1 fully saturated rings. The van der Waals surface area contributed by atoms with E-state index in [1.165, 1.54) is 5.06 Å². The Bertz CT molecular complexity index is 853. The molecule has 1 aliphatic carbocycles. The number of carbonyl (C=O) groups excluding carboxylic acids is 2. The molecule has 0 saturated carbocycles. The van der Waals surface area contributed by atoms with Crippen LogP contribution in [-0.2, 0) is 27.4 Å². The van der Waals surface area contributed by atoms with E-state index in [0.717, 1.165) is 17.5 Å². The summed E-state index contributed by atoms with van der Waals surface area (Å²) < 4.78 is 5.30. The third-order valence-corrected chi connectivity index (χ3v) is 4.87. The zero-order valence-electron chi connectivity index (χ0n) is 15.4. The predicted octanol–water partition coefficient (Wildman–Crippen LogP) is 3.00. The standard InChI is InChI=1S/C22H22N2O4/c25-21(24-18-11-12-19(14-18)28-24)20(13-16-7-3-1-4-8-16)23-22(26)27-15-17-9-5-2-6-10-17/h1-12,18-20H,13-15H2,(H,23,26)/t18-,19+,20?/m1/s1. The van der Waals surface area contributed by atoms with E-state index in [-0.39, 0.29) is 24.7 Å². The second kappa shape index (κ2) is 8.27. The lowest BCUT2D eigenvalue weighted by atomic mass is 10.0. The van der Waals surface area contributed by atoms with Crippen molar-refractivity contribution in [2.75, 3.05) is 0 Å². The van der Waals surface area contributed by atoms with Crippen molar-refractivity contribution in [1.82, 2.24) is 10.4 Å². The first-order valence-electron chi connectivity index (χ1n) is 9.38. The summed E-state index contributed by atoms with van der Waals surface area (Å²) in [6.07, 6.45) is 4.37. The molecular weight excluding hydrogens is 356 g/mol. The minimum absolute atomic E-state index is 0.0589. The molecule has 1 N–H and O–H groups in total. The second-order valence-corrected chi connectivity index (χ2v) is 6.94. The second-order valence-electron chi connectivity index (χ2n) is 6.94. The molecule has 2 aromatic rings. The fourth-order valence-corrected chi connectivity index (χ4v) is 3.45. The van der Waals surface area contributed by atoms with Crippen LogP contribution < -0.4 is 5.32 Å². The molecule has 0 radical (unpaired) electrons. The first-order valence-corrected chi connectivity index (χ1v) is 9.38. The maximum absolute atomic E-state index is 13.0. The highest BCUT2D eigenvalue weighted by molar-refractivity contribution is 5.86. The van der Waals surface area contributed by atoms with Crippen molar-refractivity contribution in [2.45, 2.75) is 37.6 Å². The van der Waals surface area contributed by atoms with Crippen LogP contribution in [-0.4, -0.2) is 35.3 Å². The number of nitrogens with one attached hydrogen (secondary N) is 1. The molecule has 2 bridgehead atoms. The summed E-state index contributed by atoms with van der Waals surface area (Å²) in [6, 6.07) is 18.1. The zero-order chi connectivity index (χ0) is 19.3. The lowest BCUT2D eigenvalue weighted by Crippen LogP contribution is -2.51. The number of rotatable bonds is 6. The van der Waals surface area contributed by atoms with E-state index in [1.807, 2.05) is 72.8 Å².